The van der Waals surface area contributed by atoms with Crippen LogP contribution in [-0.4, -0.2) is 30.2 Å². The van der Waals surface area contributed by atoms with Gasteiger partial charge in [0.15, 0.2) is 0 Å². The van der Waals surface area contributed by atoms with Gasteiger partial charge in [-0.15, -0.1) is 0 Å². The Labute approximate surface area is 101 Å². The van der Waals surface area contributed by atoms with E-state index < -0.39 is 21.6 Å². The van der Waals surface area contributed by atoms with Gasteiger partial charge >= 0.3 is 5.97 Å². The molecule has 0 radical (unpaired) electrons. The third-order valence-corrected chi connectivity index (χ3v) is 3.07. The molecule has 5 nitrogen and oxygen atoms in total. The number of nitrogens with zero attached hydrogens (tertiary/aromatic N) is 1. The van der Waals surface area contributed by atoms with Crippen LogP contribution in [0.25, 0.3) is 0 Å². The molecule has 0 aliphatic heterocycles. The first-order valence-corrected chi connectivity index (χ1v) is 6.98. The molecular formula is C11H17NO4S. The molecule has 96 valence electrons. The maximum atomic E-state index is 11.7. The molecule has 0 bridgehead atoms. The molecule has 0 spiro atoms. The summed E-state index contributed by atoms with van der Waals surface area (Å²) in [7, 11) is -3.38. The average molecular weight is 259 g/mol. The minimum Gasteiger partial charge on any atom is -0.456 e. The second-order valence-corrected chi connectivity index (χ2v) is 6.79. The molecule has 0 saturated heterocycles. The van der Waals surface area contributed by atoms with Crippen molar-refractivity contribution in [3.8, 4) is 0 Å². The van der Waals surface area contributed by atoms with Crippen LogP contribution >= 0.6 is 0 Å². The van der Waals surface area contributed by atoms with Gasteiger partial charge in [0.25, 0.3) is 0 Å². The normalized spacial score (nSPS) is 12.5. The fraction of sp³-hybridized carbons (Fsp3) is 0.545. The van der Waals surface area contributed by atoms with E-state index in [-0.39, 0.29) is 5.56 Å². The topological polar surface area (TPSA) is 65.4 Å². The molecule has 0 aliphatic rings. The molecule has 1 aromatic heterocycles. The van der Waals surface area contributed by atoms with E-state index in [0.29, 0.717) is 5.69 Å². The minimum absolute atomic E-state index is 0.239. The van der Waals surface area contributed by atoms with E-state index in [1.165, 1.54) is 12.3 Å². The van der Waals surface area contributed by atoms with E-state index in [2.05, 4.69) is 0 Å². The smallest absolute Gasteiger partial charge is 0.340 e. The van der Waals surface area contributed by atoms with E-state index in [0.717, 1.165) is 10.2 Å². The monoisotopic (exact) mass is 259 g/mol. The van der Waals surface area contributed by atoms with Crippen LogP contribution in [0.3, 0.4) is 0 Å². The predicted octanol–water partition coefficient (Wildman–Crippen LogP) is 1.56. The van der Waals surface area contributed by atoms with Crippen LogP contribution < -0.4 is 0 Å². The summed E-state index contributed by atoms with van der Waals surface area (Å²) in [4.78, 5) is 11.7. The van der Waals surface area contributed by atoms with Gasteiger partial charge in [0.2, 0.25) is 10.0 Å². The molecule has 0 unspecified atom stereocenters. The first-order chi connectivity index (χ1) is 7.50. The molecular weight excluding hydrogens is 242 g/mol. The molecule has 17 heavy (non-hydrogen) atoms. The second kappa shape index (κ2) is 4.18. The third kappa shape index (κ3) is 3.59. The van der Waals surface area contributed by atoms with Crippen molar-refractivity contribution in [3.63, 3.8) is 0 Å². The lowest BCUT2D eigenvalue weighted by Gasteiger charge is -2.18. The van der Waals surface area contributed by atoms with Crippen LogP contribution in [-0.2, 0) is 14.8 Å². The third-order valence-electron chi connectivity index (χ3n) is 1.96. The lowest BCUT2D eigenvalue weighted by molar-refractivity contribution is 0.00697. The molecule has 0 atom stereocenters. The van der Waals surface area contributed by atoms with Crippen molar-refractivity contribution >= 4 is 16.0 Å². The standard InChI is InChI=1S/C11H17NO4S/c1-8-6-9(7-12(8)17(5,14)15)10(13)16-11(2,3)4/h6-7H,1-5H3. The summed E-state index contributed by atoms with van der Waals surface area (Å²) in [6.07, 6.45) is 2.36. The number of ether oxygens (including phenoxy) is 1. The number of hydrogen-bond acceptors (Lipinski definition) is 4. The van der Waals surface area contributed by atoms with E-state index in [9.17, 15) is 13.2 Å². The summed E-state index contributed by atoms with van der Waals surface area (Å²) in [5.41, 5.74) is 0.120. The highest BCUT2D eigenvalue weighted by molar-refractivity contribution is 7.89. The Hall–Kier alpha value is -1.30. The van der Waals surface area contributed by atoms with Crippen molar-refractivity contribution < 1.29 is 17.9 Å². The quantitative estimate of drug-likeness (QED) is 0.756. The van der Waals surface area contributed by atoms with Crippen LogP contribution in [0.2, 0.25) is 0 Å². The number of esters is 1. The van der Waals surface area contributed by atoms with Gasteiger partial charge in [-0.05, 0) is 33.8 Å². The Morgan fingerprint density at radius 1 is 1.35 bits per heavy atom. The lowest BCUT2D eigenvalue weighted by atomic mass is 10.2. The highest BCUT2D eigenvalue weighted by Gasteiger charge is 2.21. The maximum absolute atomic E-state index is 11.7. The molecule has 0 fully saturated rings. The number of rotatable bonds is 2. The van der Waals surface area contributed by atoms with Crippen LogP contribution in [0.5, 0.6) is 0 Å². The molecule has 0 amide bonds. The van der Waals surface area contributed by atoms with E-state index in [1.54, 1.807) is 27.7 Å². The highest BCUT2D eigenvalue weighted by Crippen LogP contribution is 2.15. The molecule has 6 heteroatoms. The Morgan fingerprint density at radius 2 is 1.88 bits per heavy atom. The van der Waals surface area contributed by atoms with Crippen LogP contribution in [0.15, 0.2) is 12.3 Å². The molecule has 1 rings (SSSR count). The number of aryl methyl sites for hydroxylation is 1. The molecule has 0 aromatic carbocycles. The Morgan fingerprint density at radius 3 is 2.24 bits per heavy atom. The summed E-state index contributed by atoms with van der Waals surface area (Å²) >= 11 is 0. The molecule has 0 saturated carbocycles. The van der Waals surface area contributed by atoms with Gasteiger partial charge in [-0.2, -0.15) is 0 Å². The fourth-order valence-electron chi connectivity index (χ4n) is 1.36. The maximum Gasteiger partial charge on any atom is 0.340 e. The Balaban J connectivity index is 3.07. The average Bonchev–Trinajstić information content (AvgIpc) is 2.42. The van der Waals surface area contributed by atoms with E-state index in [1.807, 2.05) is 0 Å². The predicted molar refractivity (Wildman–Crippen MR) is 64.6 cm³/mol. The number of carbonyl (C=O) groups is 1. The second-order valence-electron chi connectivity index (χ2n) is 4.93. The van der Waals surface area contributed by atoms with E-state index >= 15 is 0 Å². The number of aromatic nitrogens is 1. The van der Waals surface area contributed by atoms with Crippen molar-refractivity contribution in [2.24, 2.45) is 0 Å². The minimum atomic E-state index is -3.38. The summed E-state index contributed by atoms with van der Waals surface area (Å²) in [5, 5.41) is 0. The summed E-state index contributed by atoms with van der Waals surface area (Å²) in [6, 6.07) is 1.50. The van der Waals surface area contributed by atoms with Gasteiger partial charge in [-0.3, -0.25) is 0 Å². The fourth-order valence-corrected chi connectivity index (χ4v) is 2.24. The zero-order valence-electron chi connectivity index (χ0n) is 10.6. The summed E-state index contributed by atoms with van der Waals surface area (Å²) in [5.74, 6) is -0.525. The Bertz CT molecular complexity index is 534. The van der Waals surface area contributed by atoms with Crippen molar-refractivity contribution in [1.82, 2.24) is 3.97 Å². The zero-order chi connectivity index (χ0) is 13.4. The Kier molecular flexibility index (Phi) is 3.38. The molecule has 1 aromatic rings. The van der Waals surface area contributed by atoms with Gasteiger partial charge in [0.1, 0.15) is 5.60 Å². The molecule has 0 N–H and O–H groups in total. The molecule has 1 heterocycles. The van der Waals surface area contributed by atoms with Crippen LogP contribution in [0.4, 0.5) is 0 Å². The number of hydrogen-bond donors (Lipinski definition) is 0. The first-order valence-electron chi connectivity index (χ1n) is 5.13. The largest absolute Gasteiger partial charge is 0.456 e. The van der Waals surface area contributed by atoms with Crippen LogP contribution in [0.1, 0.15) is 36.8 Å². The van der Waals surface area contributed by atoms with Crippen LogP contribution in [0, 0.1) is 6.92 Å². The summed E-state index contributed by atoms with van der Waals surface area (Å²) in [6.45, 7) is 6.89. The lowest BCUT2D eigenvalue weighted by Crippen LogP contribution is -2.23. The molecule has 0 aliphatic carbocycles. The van der Waals surface area contributed by atoms with Gasteiger partial charge in [-0.25, -0.2) is 17.2 Å². The first kappa shape index (κ1) is 13.8. The van der Waals surface area contributed by atoms with Gasteiger partial charge < -0.3 is 4.74 Å². The van der Waals surface area contributed by atoms with Gasteiger partial charge in [0.05, 0.1) is 11.8 Å². The van der Waals surface area contributed by atoms with Gasteiger partial charge in [0, 0.05) is 11.9 Å². The SMILES string of the molecule is Cc1cc(C(=O)OC(C)(C)C)cn1S(C)(=O)=O. The summed E-state index contributed by atoms with van der Waals surface area (Å²) < 4.78 is 29.0. The van der Waals surface area contributed by atoms with Crippen molar-refractivity contribution in [3.05, 3.63) is 23.5 Å². The highest BCUT2D eigenvalue weighted by atomic mass is 32.2. The zero-order valence-corrected chi connectivity index (χ0v) is 11.5. The number of carbonyl (C=O) groups excluding carboxylic acids is 1. The van der Waals surface area contributed by atoms with Crippen molar-refractivity contribution in [1.29, 1.82) is 0 Å². The van der Waals surface area contributed by atoms with Crippen molar-refractivity contribution in [2.45, 2.75) is 33.3 Å². The van der Waals surface area contributed by atoms with Gasteiger partial charge in [-0.1, -0.05) is 0 Å². The van der Waals surface area contributed by atoms with E-state index in [4.69, 9.17) is 4.74 Å². The van der Waals surface area contributed by atoms with Crippen molar-refractivity contribution in [2.75, 3.05) is 6.26 Å².